The first-order valence-electron chi connectivity index (χ1n) is 11.0. The van der Waals surface area contributed by atoms with Gasteiger partial charge in [0, 0.05) is 46.3 Å². The maximum Gasteiger partial charge on any atom is 0.253 e. The molecule has 1 atom stereocenters. The highest BCUT2D eigenvalue weighted by molar-refractivity contribution is 5.94. The van der Waals surface area contributed by atoms with Crippen molar-refractivity contribution in [3.05, 3.63) is 35.4 Å². The predicted octanol–water partition coefficient (Wildman–Crippen LogP) is 2.61. The molecule has 1 amide bonds. The molecule has 162 valence electrons. The van der Waals surface area contributed by atoms with Gasteiger partial charge in [0.05, 0.1) is 0 Å². The Kier molecular flexibility index (Phi) is 9.98. The van der Waals surface area contributed by atoms with E-state index < -0.39 is 0 Å². The topological polar surface area (TPSA) is 60.0 Å². The van der Waals surface area contributed by atoms with Gasteiger partial charge in [-0.1, -0.05) is 19.1 Å². The number of guanidine groups is 1. The number of benzene rings is 1. The van der Waals surface area contributed by atoms with Crippen LogP contribution >= 0.6 is 0 Å². The van der Waals surface area contributed by atoms with Gasteiger partial charge in [-0.2, -0.15) is 0 Å². The molecule has 6 heteroatoms. The van der Waals surface area contributed by atoms with E-state index in [1.165, 1.54) is 38.9 Å². The van der Waals surface area contributed by atoms with Gasteiger partial charge in [0.25, 0.3) is 5.91 Å². The van der Waals surface area contributed by atoms with E-state index in [4.69, 9.17) is 0 Å². The van der Waals surface area contributed by atoms with Crippen LogP contribution in [0.4, 0.5) is 0 Å². The van der Waals surface area contributed by atoms with Gasteiger partial charge in [-0.3, -0.25) is 9.79 Å². The normalized spacial score (nSPS) is 17.8. The standard InChI is InChI=1S/C23H39N5O/c1-19-9-8-16-28(18-19)15-6-5-13-25-23(24-2)26-14-12-20-10-7-11-21(17-20)22(29)27(3)4/h7,10-11,17,19H,5-6,8-9,12-16,18H2,1-4H3,(H2,24,25,26). The predicted molar refractivity (Wildman–Crippen MR) is 122 cm³/mol. The van der Waals surface area contributed by atoms with Crippen LogP contribution in [0.5, 0.6) is 0 Å². The number of carbonyl (C=O) groups excluding carboxylic acids is 1. The quantitative estimate of drug-likeness (QED) is 0.379. The lowest BCUT2D eigenvalue weighted by Gasteiger charge is -2.30. The minimum Gasteiger partial charge on any atom is -0.356 e. The maximum atomic E-state index is 12.1. The van der Waals surface area contributed by atoms with E-state index in [1.54, 1.807) is 26.0 Å². The Morgan fingerprint density at radius 2 is 2.03 bits per heavy atom. The van der Waals surface area contributed by atoms with Gasteiger partial charge in [-0.25, -0.2) is 0 Å². The molecule has 6 nitrogen and oxygen atoms in total. The van der Waals surface area contributed by atoms with Crippen LogP contribution in [0.15, 0.2) is 29.3 Å². The van der Waals surface area contributed by atoms with Crippen molar-refractivity contribution in [3.63, 3.8) is 0 Å². The third-order valence-corrected chi connectivity index (χ3v) is 5.44. The van der Waals surface area contributed by atoms with Crippen molar-refractivity contribution in [1.29, 1.82) is 0 Å². The van der Waals surface area contributed by atoms with Gasteiger partial charge in [-0.05, 0) is 68.8 Å². The van der Waals surface area contributed by atoms with Crippen molar-refractivity contribution in [2.24, 2.45) is 10.9 Å². The number of nitrogens with zero attached hydrogens (tertiary/aromatic N) is 3. The molecule has 1 saturated heterocycles. The SMILES string of the molecule is CN=C(NCCCCN1CCCC(C)C1)NCCc1cccc(C(=O)N(C)C)c1. The van der Waals surface area contributed by atoms with Crippen molar-refractivity contribution >= 4 is 11.9 Å². The molecule has 29 heavy (non-hydrogen) atoms. The molecule has 0 saturated carbocycles. The molecular weight excluding hydrogens is 362 g/mol. The zero-order chi connectivity index (χ0) is 21.1. The van der Waals surface area contributed by atoms with Gasteiger partial charge in [0.2, 0.25) is 0 Å². The van der Waals surface area contributed by atoms with Crippen molar-refractivity contribution in [1.82, 2.24) is 20.4 Å². The van der Waals surface area contributed by atoms with Crippen LogP contribution in [0, 0.1) is 5.92 Å². The smallest absolute Gasteiger partial charge is 0.253 e. The van der Waals surface area contributed by atoms with E-state index in [1.807, 2.05) is 18.2 Å². The third kappa shape index (κ3) is 8.44. The number of amides is 1. The summed E-state index contributed by atoms with van der Waals surface area (Å²) in [4.78, 5) is 20.6. The molecule has 0 aliphatic carbocycles. The number of carbonyl (C=O) groups is 1. The number of piperidine rings is 1. The largest absolute Gasteiger partial charge is 0.356 e. The molecule has 1 aromatic carbocycles. The van der Waals surface area contributed by atoms with Gasteiger partial charge in [0.15, 0.2) is 5.96 Å². The van der Waals surface area contributed by atoms with E-state index in [0.717, 1.165) is 48.9 Å². The molecule has 0 bridgehead atoms. The minimum absolute atomic E-state index is 0.0382. The fourth-order valence-corrected chi connectivity index (χ4v) is 3.82. The highest BCUT2D eigenvalue weighted by Gasteiger charge is 2.15. The van der Waals surface area contributed by atoms with E-state index in [9.17, 15) is 4.79 Å². The Labute approximate surface area is 176 Å². The van der Waals surface area contributed by atoms with Crippen molar-refractivity contribution in [2.75, 3.05) is 53.9 Å². The summed E-state index contributed by atoms with van der Waals surface area (Å²) in [5, 5.41) is 6.77. The van der Waals surface area contributed by atoms with Crippen molar-refractivity contribution < 1.29 is 4.79 Å². The molecule has 1 fully saturated rings. The number of hydrogen-bond acceptors (Lipinski definition) is 3. The molecule has 1 heterocycles. The monoisotopic (exact) mass is 401 g/mol. The lowest BCUT2D eigenvalue weighted by molar-refractivity contribution is 0.0827. The average molecular weight is 402 g/mol. The summed E-state index contributed by atoms with van der Waals surface area (Å²) >= 11 is 0. The van der Waals surface area contributed by atoms with E-state index in [-0.39, 0.29) is 5.91 Å². The molecule has 1 unspecified atom stereocenters. The number of unbranched alkanes of at least 4 members (excludes halogenated alkanes) is 1. The second kappa shape index (κ2) is 12.5. The number of nitrogens with one attached hydrogen (secondary N) is 2. The first-order valence-corrected chi connectivity index (χ1v) is 11.0. The number of aliphatic imine (C=N–C) groups is 1. The van der Waals surface area contributed by atoms with E-state index >= 15 is 0 Å². The summed E-state index contributed by atoms with van der Waals surface area (Å²) in [5.74, 6) is 1.74. The maximum absolute atomic E-state index is 12.1. The fourth-order valence-electron chi connectivity index (χ4n) is 3.82. The summed E-state index contributed by atoms with van der Waals surface area (Å²) < 4.78 is 0. The Morgan fingerprint density at radius 1 is 1.24 bits per heavy atom. The van der Waals surface area contributed by atoms with Crippen LogP contribution < -0.4 is 10.6 Å². The second-order valence-electron chi connectivity index (χ2n) is 8.33. The van der Waals surface area contributed by atoms with Crippen molar-refractivity contribution in [2.45, 2.75) is 39.0 Å². The Balaban J connectivity index is 1.62. The molecule has 0 spiro atoms. The summed E-state index contributed by atoms with van der Waals surface area (Å²) in [6.45, 7) is 7.82. The van der Waals surface area contributed by atoms with Gasteiger partial charge >= 0.3 is 0 Å². The highest BCUT2D eigenvalue weighted by Crippen LogP contribution is 2.15. The Bertz CT molecular complexity index is 658. The number of rotatable bonds is 9. The Morgan fingerprint density at radius 3 is 2.76 bits per heavy atom. The molecule has 0 aromatic heterocycles. The summed E-state index contributed by atoms with van der Waals surface area (Å²) in [6, 6.07) is 7.85. The number of hydrogen-bond donors (Lipinski definition) is 2. The number of likely N-dealkylation sites (tertiary alicyclic amines) is 1. The molecule has 1 aliphatic rings. The van der Waals surface area contributed by atoms with Crippen LogP contribution in [-0.4, -0.2) is 75.5 Å². The molecule has 2 rings (SSSR count). The lowest BCUT2D eigenvalue weighted by atomic mass is 10.0. The molecule has 1 aromatic rings. The Hall–Kier alpha value is -2.08. The lowest BCUT2D eigenvalue weighted by Crippen LogP contribution is -2.39. The van der Waals surface area contributed by atoms with E-state index in [0.29, 0.717) is 0 Å². The zero-order valence-corrected chi connectivity index (χ0v) is 18.7. The van der Waals surface area contributed by atoms with Crippen LogP contribution in [0.3, 0.4) is 0 Å². The summed E-state index contributed by atoms with van der Waals surface area (Å²) in [6.07, 6.45) is 5.96. The zero-order valence-electron chi connectivity index (χ0n) is 18.7. The first-order chi connectivity index (χ1) is 14.0. The fraction of sp³-hybridized carbons (Fsp3) is 0.652. The van der Waals surface area contributed by atoms with E-state index in [2.05, 4.69) is 33.5 Å². The average Bonchev–Trinajstić information content (AvgIpc) is 2.72. The molecule has 1 aliphatic heterocycles. The van der Waals surface area contributed by atoms with Crippen LogP contribution in [0.1, 0.15) is 48.5 Å². The molecule has 2 N–H and O–H groups in total. The van der Waals surface area contributed by atoms with Crippen LogP contribution in [0.2, 0.25) is 0 Å². The molecular formula is C23H39N5O. The van der Waals surface area contributed by atoms with Crippen molar-refractivity contribution in [3.8, 4) is 0 Å². The minimum atomic E-state index is 0.0382. The second-order valence-corrected chi connectivity index (χ2v) is 8.33. The van der Waals surface area contributed by atoms with Gasteiger partial charge < -0.3 is 20.4 Å². The third-order valence-electron chi connectivity index (χ3n) is 5.44. The first kappa shape index (κ1) is 23.2. The molecule has 0 radical (unpaired) electrons. The van der Waals surface area contributed by atoms with Gasteiger partial charge in [-0.15, -0.1) is 0 Å². The highest BCUT2D eigenvalue weighted by atomic mass is 16.2. The van der Waals surface area contributed by atoms with Crippen LogP contribution in [-0.2, 0) is 6.42 Å². The summed E-state index contributed by atoms with van der Waals surface area (Å²) in [7, 11) is 5.36. The van der Waals surface area contributed by atoms with Crippen LogP contribution in [0.25, 0.3) is 0 Å². The van der Waals surface area contributed by atoms with Gasteiger partial charge in [0.1, 0.15) is 0 Å². The summed E-state index contributed by atoms with van der Waals surface area (Å²) in [5.41, 5.74) is 1.88.